The van der Waals surface area contributed by atoms with Gasteiger partial charge in [0.25, 0.3) is 0 Å². The number of rotatable bonds is 3. The normalized spacial score (nSPS) is 8.82. The molecule has 0 heterocycles. The smallest absolute Gasteiger partial charge is 0 e. The molecule has 0 aliphatic rings. The first-order valence-electron chi connectivity index (χ1n) is 2.40. The molecule has 0 saturated carbocycles. The van der Waals surface area contributed by atoms with Crippen LogP contribution in [0.1, 0.15) is 6.92 Å². The third-order valence-electron chi connectivity index (χ3n) is 0.606. The Hall–Kier alpha value is 1.82. The molecule has 0 aromatic heterocycles. The van der Waals surface area contributed by atoms with E-state index in [4.69, 9.17) is 11.6 Å². The molecule has 0 aliphatic carbocycles. The maximum Gasteiger partial charge on any atom is 0 e. The van der Waals surface area contributed by atoms with Crippen LogP contribution in [0, 0.1) is 6.08 Å². The minimum absolute atomic E-state index is 0. The zero-order valence-corrected chi connectivity index (χ0v) is 13.7. The van der Waals surface area contributed by atoms with Gasteiger partial charge in [0.15, 0.2) is 0 Å². The van der Waals surface area contributed by atoms with Crippen LogP contribution < -0.4 is 0 Å². The summed E-state index contributed by atoms with van der Waals surface area (Å²) in [5.41, 5.74) is 0. The number of hydrogen-bond acceptors (Lipinski definition) is 1. The van der Waals surface area contributed by atoms with Crippen molar-refractivity contribution in [2.24, 2.45) is 0 Å². The molecular weight excluding hydrogens is 447 g/mol. The van der Waals surface area contributed by atoms with Crippen LogP contribution in [0.15, 0.2) is 6.08 Å². The first kappa shape index (κ1) is 15.3. The summed E-state index contributed by atoms with van der Waals surface area (Å²) in [4.78, 5) is 10.4. The van der Waals surface area contributed by atoms with Crippen molar-refractivity contribution in [1.29, 1.82) is 0 Å². The summed E-state index contributed by atoms with van der Waals surface area (Å²) in [5, 5.41) is -0.392. The number of allylic oxidation sites excluding steroid dienone is 2. The predicted molar refractivity (Wildman–Crippen MR) is 34.4 cm³/mol. The first-order valence-corrected chi connectivity index (χ1v) is 4.94. The zero-order valence-electron chi connectivity index (χ0n) is 5.80. The Kier molecular flexibility index (Phi) is 11.7. The molecule has 1 radical (unpaired) electrons. The molecular formula is C6H4ClOVWY-. The van der Waals surface area contributed by atoms with Crippen LogP contribution in [0.2, 0.25) is 0 Å². The van der Waals surface area contributed by atoms with Crippen molar-refractivity contribution < 1.29 is 73.8 Å². The minimum atomic E-state index is -0.392. The Morgan fingerprint density at radius 1 is 1.73 bits per heavy atom. The Labute approximate surface area is 116 Å². The van der Waals surface area contributed by atoms with Crippen LogP contribution in [0.4, 0.5) is 0 Å². The number of halogens is 1. The van der Waals surface area contributed by atoms with E-state index in [2.05, 4.69) is 23.1 Å². The third kappa shape index (κ3) is 9.73. The van der Waals surface area contributed by atoms with E-state index in [9.17, 15) is 4.79 Å². The molecule has 0 N–H and O–H groups in total. The minimum Gasteiger partial charge on any atom is 0 e. The fourth-order valence-electron chi connectivity index (χ4n) is 0.227. The van der Waals surface area contributed by atoms with Crippen molar-refractivity contribution in [2.45, 2.75) is 6.92 Å². The largest absolute Gasteiger partial charge is 0 e. The second kappa shape index (κ2) is 8.42. The van der Waals surface area contributed by atoms with Crippen LogP contribution >= 0.6 is 11.6 Å². The van der Waals surface area contributed by atoms with Gasteiger partial charge in [-0.25, -0.2) is 0 Å². The van der Waals surface area contributed by atoms with Gasteiger partial charge in [-0.05, 0) is 0 Å². The van der Waals surface area contributed by atoms with Gasteiger partial charge in [0.2, 0.25) is 0 Å². The van der Waals surface area contributed by atoms with Crippen molar-refractivity contribution in [1.82, 2.24) is 0 Å². The second-order valence-electron chi connectivity index (χ2n) is 1.51. The van der Waals surface area contributed by atoms with E-state index in [1.54, 1.807) is 6.08 Å². The van der Waals surface area contributed by atoms with Crippen molar-refractivity contribution in [3.8, 4) is 0 Å². The summed E-state index contributed by atoms with van der Waals surface area (Å²) < 4.78 is 1.57. The van der Waals surface area contributed by atoms with E-state index in [1.165, 1.54) is 0 Å². The molecule has 0 aromatic carbocycles. The molecule has 0 aliphatic heterocycles. The van der Waals surface area contributed by atoms with Gasteiger partial charge in [-0.15, -0.1) is 0 Å². The SMILES string of the molecule is C[C](=[V])[C-]=C[C](=[W])C(=O)Cl.[Y]. The van der Waals surface area contributed by atoms with Gasteiger partial charge < -0.3 is 0 Å². The van der Waals surface area contributed by atoms with Crippen molar-refractivity contribution in [3.63, 3.8) is 0 Å². The molecule has 0 saturated heterocycles. The fraction of sp³-hybridized carbons (Fsp3) is 0.167. The van der Waals surface area contributed by atoms with Gasteiger partial charge in [-0.2, -0.15) is 0 Å². The topological polar surface area (TPSA) is 17.1 Å². The van der Waals surface area contributed by atoms with Crippen LogP contribution in [-0.2, 0) is 73.8 Å². The van der Waals surface area contributed by atoms with E-state index in [1.807, 2.05) is 6.92 Å². The third-order valence-corrected chi connectivity index (χ3v) is 2.55. The number of carbonyl (C=O) groups excluding carboxylic acids is 1. The summed E-state index contributed by atoms with van der Waals surface area (Å²) in [6.07, 6.45) is 4.48. The maximum atomic E-state index is 10.4. The van der Waals surface area contributed by atoms with Crippen molar-refractivity contribution in [2.75, 3.05) is 0 Å². The van der Waals surface area contributed by atoms with Crippen molar-refractivity contribution >= 4 is 25.0 Å². The van der Waals surface area contributed by atoms with E-state index in [0.29, 0.717) is 3.90 Å². The molecule has 11 heavy (non-hydrogen) atoms. The Morgan fingerprint density at radius 3 is 2.45 bits per heavy atom. The van der Waals surface area contributed by atoms with E-state index in [-0.39, 0.29) is 32.7 Å². The standard InChI is InChI=1S/C6H4ClO.V.W.Y/c1-2-3-4-5-6(7)8;;;/h4H,1H3;;;/q-1;;;. The summed E-state index contributed by atoms with van der Waals surface area (Å²) >= 11 is 8.57. The van der Waals surface area contributed by atoms with Crippen molar-refractivity contribution in [3.05, 3.63) is 12.2 Å². The summed E-state index contributed by atoms with van der Waals surface area (Å²) in [6.45, 7) is 1.89. The van der Waals surface area contributed by atoms with E-state index >= 15 is 0 Å². The van der Waals surface area contributed by atoms with Crippen LogP contribution in [0.3, 0.4) is 0 Å². The van der Waals surface area contributed by atoms with Crippen LogP contribution in [0.5, 0.6) is 0 Å². The maximum absolute atomic E-state index is 10.4. The monoisotopic (exact) mass is 451 g/mol. The Morgan fingerprint density at radius 2 is 2.18 bits per heavy atom. The summed E-state index contributed by atoms with van der Waals surface area (Å²) in [5.74, 6) is 0. The molecule has 0 fully saturated rings. The first-order chi connectivity index (χ1) is 4.54. The Bertz CT molecular complexity index is 215. The summed E-state index contributed by atoms with van der Waals surface area (Å²) in [7, 11) is 0. The molecule has 0 aromatic rings. The molecule has 5 heteroatoms. The van der Waals surface area contributed by atoms with Gasteiger partial charge in [0, 0.05) is 32.7 Å². The molecule has 0 amide bonds. The molecule has 0 rings (SSSR count). The summed E-state index contributed by atoms with van der Waals surface area (Å²) in [6, 6.07) is 0. The molecule has 0 atom stereocenters. The molecule has 56 valence electrons. The average molecular weight is 451 g/mol. The predicted octanol–water partition coefficient (Wildman–Crippen LogP) is 0.567. The average Bonchev–Trinajstić information content (AvgIpc) is 1.82. The van der Waals surface area contributed by atoms with Gasteiger partial charge in [0.1, 0.15) is 0 Å². The zero-order chi connectivity index (χ0) is 8.15. The fourth-order valence-corrected chi connectivity index (χ4v) is 0.594. The van der Waals surface area contributed by atoms with Gasteiger partial charge in [-0.3, -0.25) is 0 Å². The quantitative estimate of drug-likeness (QED) is 0.453. The number of hydrogen-bond donors (Lipinski definition) is 0. The number of carbonyl (C=O) groups is 1. The van der Waals surface area contributed by atoms with Gasteiger partial charge in [-0.1, -0.05) is 0 Å². The van der Waals surface area contributed by atoms with Gasteiger partial charge >= 0.3 is 85.2 Å². The van der Waals surface area contributed by atoms with E-state index < -0.39 is 5.24 Å². The second-order valence-corrected chi connectivity index (χ2v) is 4.48. The van der Waals surface area contributed by atoms with Crippen LogP contribution in [0.25, 0.3) is 0 Å². The van der Waals surface area contributed by atoms with E-state index in [0.717, 1.165) is 23.6 Å². The van der Waals surface area contributed by atoms with Crippen LogP contribution in [-0.4, -0.2) is 13.4 Å². The molecule has 0 spiro atoms. The molecule has 0 unspecified atom stereocenters. The molecule has 1 nitrogen and oxygen atoms in total. The Balaban J connectivity index is 0. The van der Waals surface area contributed by atoms with Gasteiger partial charge in [0.05, 0.1) is 0 Å². The molecule has 0 bridgehead atoms.